The molecule has 0 atom stereocenters. The first kappa shape index (κ1) is 16.7. The van der Waals surface area contributed by atoms with Gasteiger partial charge in [-0.3, -0.25) is 4.79 Å². The maximum absolute atomic E-state index is 12.3. The van der Waals surface area contributed by atoms with Gasteiger partial charge in [0.05, 0.1) is 6.61 Å². The number of hydrogen-bond donors (Lipinski definition) is 1. The fourth-order valence-corrected chi connectivity index (χ4v) is 1.49. The van der Waals surface area contributed by atoms with Crippen LogP contribution in [0.5, 0.6) is 11.5 Å². The highest BCUT2D eigenvalue weighted by molar-refractivity contribution is 5.91. The van der Waals surface area contributed by atoms with Crippen LogP contribution in [-0.2, 0) is 4.79 Å². The molecule has 0 spiro atoms. The van der Waals surface area contributed by atoms with Crippen LogP contribution in [0.3, 0.4) is 0 Å². The van der Waals surface area contributed by atoms with E-state index in [1.165, 1.54) is 18.2 Å². The summed E-state index contributed by atoms with van der Waals surface area (Å²) in [4.78, 5) is 11.4. The molecule has 0 unspecified atom stereocenters. The van der Waals surface area contributed by atoms with Crippen molar-refractivity contribution in [3.8, 4) is 11.5 Å². The van der Waals surface area contributed by atoms with Gasteiger partial charge in [-0.15, -0.1) is 6.58 Å². The number of benzene rings is 1. The maximum atomic E-state index is 12.3. The monoisotopic (exact) mass is 297 g/mol. The normalized spacial score (nSPS) is 10.7. The summed E-state index contributed by atoms with van der Waals surface area (Å²) in [6, 6.07) is 4.45. The summed E-state index contributed by atoms with van der Waals surface area (Å²) in [7, 11) is 0. The third-order valence-corrected chi connectivity index (χ3v) is 2.33. The molecule has 0 aliphatic carbocycles. The molecule has 0 heterocycles. The molecule has 1 aromatic carbocycles. The molecule has 1 amide bonds. The van der Waals surface area contributed by atoms with Crippen LogP contribution in [-0.4, -0.2) is 25.7 Å². The quantitative estimate of drug-likeness (QED) is 0.593. The molecule has 0 fully saturated rings. The lowest BCUT2D eigenvalue weighted by atomic mass is 10.2. The zero-order valence-electron chi connectivity index (χ0n) is 11.6. The van der Waals surface area contributed by atoms with E-state index in [4.69, 9.17) is 4.74 Å². The first-order valence-corrected chi connectivity index (χ1v) is 6.35. The van der Waals surface area contributed by atoms with Gasteiger partial charge in [0.15, 0.2) is 11.5 Å². The second-order valence-corrected chi connectivity index (χ2v) is 3.88. The van der Waals surface area contributed by atoms with E-state index < -0.39 is 6.61 Å². The minimum absolute atomic E-state index is 0.0416. The average Bonchev–Trinajstić information content (AvgIpc) is 2.45. The average molecular weight is 297 g/mol. The molecular weight excluding hydrogens is 280 g/mol. The van der Waals surface area contributed by atoms with Crippen LogP contribution in [0.15, 0.2) is 36.9 Å². The van der Waals surface area contributed by atoms with Gasteiger partial charge in [-0.1, -0.05) is 12.1 Å². The molecule has 4 nitrogen and oxygen atoms in total. The largest absolute Gasteiger partial charge is 0.490 e. The SMILES string of the molecule is C=CCNC(=O)/C=C\c1ccc(OC(F)F)c(OCC)c1. The summed E-state index contributed by atoms with van der Waals surface area (Å²) in [5, 5.41) is 2.58. The van der Waals surface area contributed by atoms with Gasteiger partial charge in [-0.05, 0) is 30.7 Å². The van der Waals surface area contributed by atoms with Crippen molar-refractivity contribution in [3.05, 3.63) is 42.5 Å². The molecule has 1 aromatic rings. The smallest absolute Gasteiger partial charge is 0.387 e. The van der Waals surface area contributed by atoms with Crippen molar-refractivity contribution < 1.29 is 23.0 Å². The number of alkyl halides is 2. The minimum atomic E-state index is -2.92. The van der Waals surface area contributed by atoms with Crippen molar-refractivity contribution in [2.45, 2.75) is 13.5 Å². The Morgan fingerprint density at radius 2 is 2.19 bits per heavy atom. The Hall–Kier alpha value is -2.37. The Balaban J connectivity index is 2.84. The number of carbonyl (C=O) groups excluding carboxylic acids is 1. The third-order valence-electron chi connectivity index (χ3n) is 2.33. The summed E-state index contributed by atoms with van der Waals surface area (Å²) < 4.78 is 34.1. The Kier molecular flexibility index (Phi) is 6.94. The van der Waals surface area contributed by atoms with Gasteiger partial charge in [0.2, 0.25) is 5.91 Å². The summed E-state index contributed by atoms with van der Waals surface area (Å²) >= 11 is 0. The van der Waals surface area contributed by atoms with Crippen molar-refractivity contribution in [1.82, 2.24) is 5.32 Å². The van der Waals surface area contributed by atoms with Crippen LogP contribution in [0.4, 0.5) is 8.78 Å². The second kappa shape index (κ2) is 8.73. The van der Waals surface area contributed by atoms with Gasteiger partial charge in [-0.25, -0.2) is 0 Å². The fraction of sp³-hybridized carbons (Fsp3) is 0.267. The van der Waals surface area contributed by atoms with E-state index in [9.17, 15) is 13.6 Å². The van der Waals surface area contributed by atoms with Gasteiger partial charge in [0, 0.05) is 12.6 Å². The molecule has 21 heavy (non-hydrogen) atoms. The Bertz CT molecular complexity index is 516. The molecule has 0 saturated heterocycles. The first-order valence-electron chi connectivity index (χ1n) is 6.35. The van der Waals surface area contributed by atoms with Crippen molar-refractivity contribution in [3.63, 3.8) is 0 Å². The maximum Gasteiger partial charge on any atom is 0.387 e. The molecule has 0 aliphatic rings. The van der Waals surface area contributed by atoms with E-state index in [-0.39, 0.29) is 17.4 Å². The van der Waals surface area contributed by atoms with E-state index in [0.717, 1.165) is 0 Å². The number of ether oxygens (including phenoxy) is 2. The topological polar surface area (TPSA) is 47.6 Å². The van der Waals surface area contributed by atoms with E-state index in [2.05, 4.69) is 16.6 Å². The Morgan fingerprint density at radius 1 is 1.43 bits per heavy atom. The van der Waals surface area contributed by atoms with E-state index >= 15 is 0 Å². The molecule has 114 valence electrons. The van der Waals surface area contributed by atoms with Crippen LogP contribution in [0.2, 0.25) is 0 Å². The molecule has 0 saturated carbocycles. The van der Waals surface area contributed by atoms with Crippen LogP contribution in [0, 0.1) is 0 Å². The zero-order valence-corrected chi connectivity index (χ0v) is 11.6. The van der Waals surface area contributed by atoms with Crippen molar-refractivity contribution >= 4 is 12.0 Å². The van der Waals surface area contributed by atoms with Crippen LogP contribution in [0.1, 0.15) is 12.5 Å². The van der Waals surface area contributed by atoms with E-state index in [1.54, 1.807) is 25.1 Å². The summed E-state index contributed by atoms with van der Waals surface area (Å²) in [6.45, 7) is 2.98. The molecule has 6 heteroatoms. The number of halogens is 2. The van der Waals surface area contributed by atoms with Crippen LogP contribution < -0.4 is 14.8 Å². The van der Waals surface area contributed by atoms with Gasteiger partial charge >= 0.3 is 6.61 Å². The lowest BCUT2D eigenvalue weighted by Crippen LogP contribution is -2.20. The van der Waals surface area contributed by atoms with Crippen molar-refractivity contribution in [1.29, 1.82) is 0 Å². The van der Waals surface area contributed by atoms with Crippen molar-refractivity contribution in [2.24, 2.45) is 0 Å². The van der Waals surface area contributed by atoms with Gasteiger partial charge in [-0.2, -0.15) is 8.78 Å². The lowest BCUT2D eigenvalue weighted by molar-refractivity contribution is -0.116. The first-order chi connectivity index (χ1) is 10.1. The Labute approximate surface area is 122 Å². The van der Waals surface area contributed by atoms with Crippen LogP contribution in [0.25, 0.3) is 6.08 Å². The number of carbonyl (C=O) groups is 1. The number of rotatable bonds is 8. The zero-order chi connectivity index (χ0) is 15.7. The number of amides is 1. The van der Waals surface area contributed by atoms with E-state index in [1.807, 2.05) is 0 Å². The van der Waals surface area contributed by atoms with Gasteiger partial charge in [0.1, 0.15) is 0 Å². The fourth-order valence-electron chi connectivity index (χ4n) is 1.49. The molecule has 1 N–H and O–H groups in total. The second-order valence-electron chi connectivity index (χ2n) is 3.88. The number of hydrogen-bond acceptors (Lipinski definition) is 3. The molecular formula is C15H17F2NO3. The summed E-state index contributed by atoms with van der Waals surface area (Å²) in [6.07, 6.45) is 4.45. The minimum Gasteiger partial charge on any atom is -0.490 e. The lowest BCUT2D eigenvalue weighted by Gasteiger charge is -2.11. The molecule has 0 aromatic heterocycles. The van der Waals surface area contributed by atoms with Crippen molar-refractivity contribution in [2.75, 3.05) is 13.2 Å². The highest BCUT2D eigenvalue weighted by Crippen LogP contribution is 2.30. The summed E-state index contributed by atoms with van der Waals surface area (Å²) in [5.41, 5.74) is 0.633. The predicted molar refractivity (Wildman–Crippen MR) is 76.5 cm³/mol. The predicted octanol–water partition coefficient (Wildman–Crippen LogP) is 3.00. The van der Waals surface area contributed by atoms with E-state index in [0.29, 0.717) is 18.7 Å². The molecule has 1 rings (SSSR count). The third kappa shape index (κ3) is 6.07. The highest BCUT2D eigenvalue weighted by atomic mass is 19.3. The summed E-state index contributed by atoms with van der Waals surface area (Å²) in [5.74, 6) is -0.118. The van der Waals surface area contributed by atoms with Gasteiger partial charge in [0.25, 0.3) is 0 Å². The van der Waals surface area contributed by atoms with Gasteiger partial charge < -0.3 is 14.8 Å². The number of nitrogens with one attached hydrogen (secondary N) is 1. The molecule has 0 bridgehead atoms. The highest BCUT2D eigenvalue weighted by Gasteiger charge is 2.10. The van der Waals surface area contributed by atoms with Crippen LogP contribution >= 0.6 is 0 Å². The standard InChI is InChI=1S/C15H17F2NO3/c1-3-9-18-14(19)8-6-11-5-7-12(21-15(16)17)13(10-11)20-4-2/h3,5-8,10,15H,1,4,9H2,2H3,(H,18,19)/b8-6-. The molecule has 0 aliphatic heterocycles. The Morgan fingerprint density at radius 3 is 2.81 bits per heavy atom. The molecule has 0 radical (unpaired) electrons.